The van der Waals surface area contributed by atoms with Gasteiger partial charge >= 0.3 is 5.97 Å². The van der Waals surface area contributed by atoms with Crippen LogP contribution in [0.4, 0.5) is 0 Å². The molecule has 0 amide bonds. The van der Waals surface area contributed by atoms with Gasteiger partial charge in [-0.1, -0.05) is 24.3 Å². The van der Waals surface area contributed by atoms with Crippen LogP contribution >= 0.6 is 11.8 Å². The number of ether oxygens (including phenoxy) is 3. The summed E-state index contributed by atoms with van der Waals surface area (Å²) in [7, 11) is 3.20. The molecule has 3 atom stereocenters. The fourth-order valence-corrected chi connectivity index (χ4v) is 5.43. The minimum atomic E-state index is -0.477. The van der Waals surface area contributed by atoms with E-state index >= 15 is 0 Å². The van der Waals surface area contributed by atoms with Gasteiger partial charge in [0, 0.05) is 34.5 Å². The Bertz CT molecular complexity index is 1180. The fourth-order valence-electron chi connectivity index (χ4n) is 5.02. The Morgan fingerprint density at radius 3 is 2.34 bits per heavy atom. The molecule has 0 saturated heterocycles. The molecule has 2 aromatic rings. The van der Waals surface area contributed by atoms with Gasteiger partial charge in [-0.3, -0.25) is 4.79 Å². The zero-order valence-electron chi connectivity index (χ0n) is 20.7. The molecule has 0 spiro atoms. The van der Waals surface area contributed by atoms with E-state index in [1.54, 1.807) is 32.9 Å². The first kappa shape index (κ1) is 24.9. The largest absolute Gasteiger partial charge is 0.493 e. The molecule has 7 heteroatoms. The lowest BCUT2D eigenvalue weighted by Gasteiger charge is -2.39. The highest BCUT2D eigenvalue weighted by Gasteiger charge is 2.45. The van der Waals surface area contributed by atoms with Crippen molar-refractivity contribution in [3.8, 4) is 11.5 Å². The molecule has 6 nitrogen and oxygen atoms in total. The van der Waals surface area contributed by atoms with Gasteiger partial charge in [0.1, 0.15) is 5.78 Å². The van der Waals surface area contributed by atoms with Crippen molar-refractivity contribution in [2.45, 2.75) is 37.0 Å². The zero-order valence-corrected chi connectivity index (χ0v) is 21.5. The van der Waals surface area contributed by atoms with Crippen LogP contribution in [0.3, 0.4) is 0 Å². The number of carbonyl (C=O) groups excluding carboxylic acids is 2. The third-order valence-corrected chi connectivity index (χ3v) is 7.41. The number of hydrogen-bond acceptors (Lipinski definition) is 7. The Morgan fingerprint density at radius 1 is 1.03 bits per heavy atom. The van der Waals surface area contributed by atoms with Crippen LogP contribution in [0.2, 0.25) is 0 Å². The lowest BCUT2D eigenvalue weighted by Crippen LogP contribution is -2.42. The number of thioether (sulfide) groups is 1. The van der Waals surface area contributed by atoms with Crippen molar-refractivity contribution in [3.05, 3.63) is 76.6 Å². The van der Waals surface area contributed by atoms with Gasteiger partial charge in [-0.15, -0.1) is 11.8 Å². The van der Waals surface area contributed by atoms with E-state index in [9.17, 15) is 9.59 Å². The highest BCUT2D eigenvalue weighted by molar-refractivity contribution is 7.98. The molecular formula is C28H31NO5S. The van der Waals surface area contributed by atoms with Gasteiger partial charge in [0.25, 0.3) is 0 Å². The standard InChI is InChI=1S/C28H31NO5S/c1-6-34-28(31)25-16(2)29-21-13-19(18-9-12-23(32-3)24(15-18)33-4)14-22(30)27(21)26(25)17-7-10-20(35-5)11-8-17/h7-13,15,19,26-27,29H,6,14H2,1-5H3. The van der Waals surface area contributed by atoms with Gasteiger partial charge in [-0.05, 0) is 55.5 Å². The van der Waals surface area contributed by atoms with Gasteiger partial charge in [0.15, 0.2) is 11.5 Å². The van der Waals surface area contributed by atoms with Gasteiger partial charge in [0.2, 0.25) is 0 Å². The molecule has 3 unspecified atom stereocenters. The van der Waals surface area contributed by atoms with Gasteiger partial charge in [-0.25, -0.2) is 4.79 Å². The number of allylic oxidation sites excluding steroid dienone is 3. The van der Waals surface area contributed by atoms with Crippen molar-refractivity contribution in [1.29, 1.82) is 0 Å². The lowest BCUT2D eigenvalue weighted by atomic mass is 9.68. The molecule has 184 valence electrons. The van der Waals surface area contributed by atoms with Gasteiger partial charge in [0.05, 0.1) is 32.3 Å². The number of nitrogens with one attached hydrogen (secondary N) is 1. The van der Waals surface area contributed by atoms with E-state index in [4.69, 9.17) is 14.2 Å². The maximum absolute atomic E-state index is 13.7. The van der Waals surface area contributed by atoms with E-state index in [1.165, 1.54) is 0 Å². The number of fused-ring (bicyclic) bond motifs is 1. The lowest BCUT2D eigenvalue weighted by molar-refractivity contribution is -0.139. The molecule has 1 heterocycles. The number of esters is 1. The second kappa shape index (κ2) is 10.6. The Kier molecular flexibility index (Phi) is 7.55. The summed E-state index contributed by atoms with van der Waals surface area (Å²) in [6.07, 6.45) is 4.47. The molecule has 2 aliphatic rings. The van der Waals surface area contributed by atoms with Crippen molar-refractivity contribution >= 4 is 23.5 Å². The van der Waals surface area contributed by atoms with Crippen LogP contribution in [0.1, 0.15) is 43.2 Å². The molecule has 0 fully saturated rings. The van der Waals surface area contributed by atoms with E-state index < -0.39 is 11.8 Å². The van der Waals surface area contributed by atoms with Crippen LogP contribution in [-0.4, -0.2) is 38.8 Å². The van der Waals surface area contributed by atoms with E-state index in [0.717, 1.165) is 21.7 Å². The average Bonchev–Trinajstić information content (AvgIpc) is 2.87. The molecule has 0 saturated carbocycles. The fraction of sp³-hybridized carbons (Fsp3) is 0.357. The number of rotatable bonds is 7. The van der Waals surface area contributed by atoms with Crippen LogP contribution in [0.5, 0.6) is 11.5 Å². The quantitative estimate of drug-likeness (QED) is 0.419. The monoisotopic (exact) mass is 493 g/mol. The Hall–Kier alpha value is -3.19. The minimum Gasteiger partial charge on any atom is -0.493 e. The van der Waals surface area contributed by atoms with Crippen LogP contribution in [0, 0.1) is 5.92 Å². The van der Waals surface area contributed by atoms with Crippen molar-refractivity contribution in [3.63, 3.8) is 0 Å². The van der Waals surface area contributed by atoms with Crippen LogP contribution in [-0.2, 0) is 14.3 Å². The summed E-state index contributed by atoms with van der Waals surface area (Å²) in [5, 5.41) is 3.37. The van der Waals surface area contributed by atoms with Gasteiger partial charge in [-0.2, -0.15) is 0 Å². The summed E-state index contributed by atoms with van der Waals surface area (Å²) < 4.78 is 16.2. The molecule has 4 rings (SSSR count). The predicted octanol–water partition coefficient (Wildman–Crippen LogP) is 5.21. The van der Waals surface area contributed by atoms with Crippen LogP contribution in [0.15, 0.2) is 70.4 Å². The van der Waals surface area contributed by atoms with Crippen LogP contribution in [0.25, 0.3) is 0 Å². The highest BCUT2D eigenvalue weighted by atomic mass is 32.2. The molecule has 1 aliphatic carbocycles. The summed E-state index contributed by atoms with van der Waals surface area (Å²) in [4.78, 5) is 27.9. The highest BCUT2D eigenvalue weighted by Crippen LogP contribution is 2.47. The molecule has 35 heavy (non-hydrogen) atoms. The van der Waals surface area contributed by atoms with Crippen molar-refractivity contribution in [2.24, 2.45) is 5.92 Å². The van der Waals surface area contributed by atoms with Crippen molar-refractivity contribution in [2.75, 3.05) is 27.1 Å². The van der Waals surface area contributed by atoms with E-state index in [2.05, 4.69) is 11.4 Å². The molecule has 0 aromatic heterocycles. The van der Waals surface area contributed by atoms with E-state index in [0.29, 0.717) is 29.2 Å². The number of methoxy groups -OCH3 is 2. The second-order valence-corrected chi connectivity index (χ2v) is 9.51. The Morgan fingerprint density at radius 2 is 1.71 bits per heavy atom. The summed E-state index contributed by atoms with van der Waals surface area (Å²) in [6, 6.07) is 13.8. The number of ketones is 1. The molecule has 0 bridgehead atoms. The SMILES string of the molecule is CCOC(=O)C1=C(C)NC2=CC(c3ccc(OC)c(OC)c3)CC(=O)C2C1c1ccc(SC)cc1. The van der Waals surface area contributed by atoms with Gasteiger partial charge < -0.3 is 19.5 Å². The molecule has 1 aliphatic heterocycles. The first-order valence-electron chi connectivity index (χ1n) is 11.7. The first-order valence-corrected chi connectivity index (χ1v) is 12.9. The topological polar surface area (TPSA) is 73.9 Å². The minimum absolute atomic E-state index is 0.0861. The third kappa shape index (κ3) is 4.82. The maximum Gasteiger partial charge on any atom is 0.336 e. The predicted molar refractivity (Wildman–Crippen MR) is 137 cm³/mol. The van der Waals surface area contributed by atoms with E-state index in [-0.39, 0.29) is 24.3 Å². The molecule has 0 radical (unpaired) electrons. The number of hydrogen-bond donors (Lipinski definition) is 1. The summed E-state index contributed by atoms with van der Waals surface area (Å²) >= 11 is 1.65. The van der Waals surface area contributed by atoms with E-state index in [1.807, 2.05) is 55.6 Å². The number of carbonyl (C=O) groups is 2. The zero-order chi connectivity index (χ0) is 25.1. The summed E-state index contributed by atoms with van der Waals surface area (Å²) in [5.74, 6) is -0.0230. The first-order chi connectivity index (χ1) is 16.9. The average molecular weight is 494 g/mol. The molecular weight excluding hydrogens is 462 g/mol. The van der Waals surface area contributed by atoms with Crippen molar-refractivity contribution < 1.29 is 23.8 Å². The third-order valence-electron chi connectivity index (χ3n) is 6.67. The molecule has 2 aromatic carbocycles. The number of benzene rings is 2. The summed E-state index contributed by atoms with van der Waals surface area (Å²) in [6.45, 7) is 3.94. The normalized spacial score (nSPS) is 21.6. The second-order valence-electron chi connectivity index (χ2n) is 8.63. The number of Topliss-reactive ketones (excluding diaryl/α,β-unsaturated/α-hetero) is 1. The Labute approximate surface area is 210 Å². The van der Waals surface area contributed by atoms with Crippen LogP contribution < -0.4 is 14.8 Å². The van der Waals surface area contributed by atoms with Crippen molar-refractivity contribution in [1.82, 2.24) is 5.32 Å². The maximum atomic E-state index is 13.7. The molecule has 1 N–H and O–H groups in total. The smallest absolute Gasteiger partial charge is 0.336 e. The summed E-state index contributed by atoms with van der Waals surface area (Å²) in [5.41, 5.74) is 3.96. The Balaban J connectivity index is 1.79.